The topological polar surface area (TPSA) is 102 Å². The van der Waals surface area contributed by atoms with Crippen molar-refractivity contribution in [2.75, 3.05) is 0 Å². The number of rotatable bonds is 4. The number of hydrogen-bond donors (Lipinski definition) is 1. The monoisotopic (exact) mass is 284 g/mol. The molecule has 0 aliphatic carbocycles. The number of aromatic amines is 1. The number of thiophene rings is 1. The lowest BCUT2D eigenvalue weighted by atomic mass is 10.3. The first kappa shape index (κ1) is 12.7. The van der Waals surface area contributed by atoms with E-state index in [0.29, 0.717) is 20.1 Å². The number of nitrogens with zero attached hydrogens (tertiary/aromatic N) is 3. The van der Waals surface area contributed by atoms with Crippen LogP contribution in [0.5, 0.6) is 0 Å². The minimum absolute atomic E-state index is 0.0855. The van der Waals surface area contributed by atoms with Crippen molar-refractivity contribution in [3.63, 3.8) is 0 Å². The standard InChI is InChI=1S/C9H8N4O3S2/c1-4(14)7-3-6(13(15)16)8(17-7)18-9-10-5(2)11-12-9/h3H,1-2H3,(H,10,11,12). The molecule has 0 bridgehead atoms. The maximum absolute atomic E-state index is 11.2. The Morgan fingerprint density at radius 1 is 1.61 bits per heavy atom. The number of carbonyl (C=O) groups is 1. The summed E-state index contributed by atoms with van der Waals surface area (Å²) in [5, 5.41) is 17.8. The van der Waals surface area contributed by atoms with E-state index in [0.717, 1.165) is 23.1 Å². The Labute approximate surface area is 110 Å². The minimum atomic E-state index is -0.509. The van der Waals surface area contributed by atoms with Gasteiger partial charge in [-0.15, -0.1) is 16.4 Å². The van der Waals surface area contributed by atoms with Gasteiger partial charge in [-0.05, 0) is 25.6 Å². The van der Waals surface area contributed by atoms with Crippen molar-refractivity contribution in [3.05, 3.63) is 26.9 Å². The maximum atomic E-state index is 11.2. The third-order valence-corrected chi connectivity index (χ3v) is 4.26. The van der Waals surface area contributed by atoms with E-state index in [4.69, 9.17) is 0 Å². The highest BCUT2D eigenvalue weighted by molar-refractivity contribution is 8.01. The Bertz CT molecular complexity index is 619. The van der Waals surface area contributed by atoms with Gasteiger partial charge < -0.3 is 0 Å². The molecule has 0 radical (unpaired) electrons. The van der Waals surface area contributed by atoms with E-state index >= 15 is 0 Å². The zero-order valence-electron chi connectivity index (χ0n) is 9.46. The SMILES string of the molecule is CC(=O)c1cc([N+](=O)[O-])c(Sc2n[nH]c(C)n2)s1. The van der Waals surface area contributed by atoms with Crippen molar-refractivity contribution in [1.29, 1.82) is 0 Å². The number of ketones is 1. The summed E-state index contributed by atoms with van der Waals surface area (Å²) in [5.41, 5.74) is -0.0855. The van der Waals surface area contributed by atoms with Gasteiger partial charge in [0.05, 0.1) is 9.80 Å². The largest absolute Gasteiger partial charge is 0.294 e. The van der Waals surface area contributed by atoms with E-state index in [-0.39, 0.29) is 11.5 Å². The van der Waals surface area contributed by atoms with Crippen molar-refractivity contribution >= 4 is 34.6 Å². The van der Waals surface area contributed by atoms with Crippen LogP contribution in [0.4, 0.5) is 5.69 Å². The first-order chi connectivity index (χ1) is 8.47. The van der Waals surface area contributed by atoms with Crippen molar-refractivity contribution in [3.8, 4) is 0 Å². The molecule has 7 nitrogen and oxygen atoms in total. The summed E-state index contributed by atoms with van der Waals surface area (Å²) in [6, 6.07) is 1.29. The number of aromatic nitrogens is 3. The van der Waals surface area contributed by atoms with Gasteiger partial charge in [-0.2, -0.15) is 0 Å². The molecule has 2 aromatic rings. The van der Waals surface area contributed by atoms with Gasteiger partial charge in [0.15, 0.2) is 5.78 Å². The molecule has 0 unspecified atom stereocenters. The van der Waals surface area contributed by atoms with Gasteiger partial charge >= 0.3 is 0 Å². The normalized spacial score (nSPS) is 10.6. The quantitative estimate of drug-likeness (QED) is 0.525. The summed E-state index contributed by atoms with van der Waals surface area (Å²) < 4.78 is 0.407. The first-order valence-electron chi connectivity index (χ1n) is 4.83. The number of Topliss-reactive ketones (excluding diaryl/α,β-unsaturated/α-hetero) is 1. The summed E-state index contributed by atoms with van der Waals surface area (Å²) in [5.74, 6) is 0.435. The van der Waals surface area contributed by atoms with Gasteiger partial charge in [0.25, 0.3) is 5.69 Å². The number of hydrogen-bond acceptors (Lipinski definition) is 7. The van der Waals surface area contributed by atoms with E-state index in [9.17, 15) is 14.9 Å². The Morgan fingerprint density at radius 2 is 2.33 bits per heavy atom. The number of aryl methyl sites for hydroxylation is 1. The van der Waals surface area contributed by atoms with Crippen LogP contribution >= 0.6 is 23.1 Å². The van der Waals surface area contributed by atoms with E-state index in [1.54, 1.807) is 6.92 Å². The molecule has 18 heavy (non-hydrogen) atoms. The molecule has 0 aromatic carbocycles. The van der Waals surface area contributed by atoms with E-state index in [2.05, 4.69) is 15.2 Å². The molecular formula is C9H8N4O3S2. The predicted octanol–water partition coefficient (Wildman–Crippen LogP) is 2.44. The summed E-state index contributed by atoms with van der Waals surface area (Å²) in [7, 11) is 0. The molecular weight excluding hydrogens is 276 g/mol. The molecule has 2 heterocycles. The number of H-pyrrole nitrogens is 1. The van der Waals surface area contributed by atoms with Crippen LogP contribution in [0.15, 0.2) is 15.4 Å². The van der Waals surface area contributed by atoms with Crippen LogP contribution in [0.2, 0.25) is 0 Å². The average molecular weight is 284 g/mol. The van der Waals surface area contributed by atoms with Gasteiger partial charge in [0, 0.05) is 6.07 Å². The second-order valence-corrected chi connectivity index (χ2v) is 5.69. The fraction of sp³-hybridized carbons (Fsp3) is 0.222. The van der Waals surface area contributed by atoms with Crippen molar-refractivity contribution < 1.29 is 9.72 Å². The second kappa shape index (κ2) is 4.86. The maximum Gasteiger partial charge on any atom is 0.294 e. The van der Waals surface area contributed by atoms with Crippen molar-refractivity contribution in [1.82, 2.24) is 15.2 Å². The Kier molecular flexibility index (Phi) is 3.43. The van der Waals surface area contributed by atoms with E-state index < -0.39 is 4.92 Å². The minimum Gasteiger partial charge on any atom is -0.294 e. The van der Waals surface area contributed by atoms with Crippen LogP contribution in [0.1, 0.15) is 22.4 Å². The molecule has 9 heteroatoms. The van der Waals surface area contributed by atoms with Crippen LogP contribution in [-0.2, 0) is 0 Å². The number of nitrogens with one attached hydrogen (secondary N) is 1. The lowest BCUT2D eigenvalue weighted by Crippen LogP contribution is -1.88. The Morgan fingerprint density at radius 3 is 2.83 bits per heavy atom. The van der Waals surface area contributed by atoms with Gasteiger partial charge in [0.2, 0.25) is 5.16 Å². The smallest absolute Gasteiger partial charge is 0.294 e. The lowest BCUT2D eigenvalue weighted by molar-refractivity contribution is -0.387. The van der Waals surface area contributed by atoms with Crippen LogP contribution in [-0.4, -0.2) is 25.9 Å². The van der Waals surface area contributed by atoms with Crippen molar-refractivity contribution in [2.45, 2.75) is 23.2 Å². The summed E-state index contributed by atoms with van der Waals surface area (Å²) in [6.07, 6.45) is 0. The molecule has 0 aliphatic heterocycles. The van der Waals surface area contributed by atoms with Gasteiger partial charge in [-0.25, -0.2) is 4.98 Å². The second-order valence-electron chi connectivity index (χ2n) is 3.40. The van der Waals surface area contributed by atoms with E-state index in [1.807, 2.05) is 0 Å². The van der Waals surface area contributed by atoms with Crippen molar-refractivity contribution in [2.24, 2.45) is 0 Å². The summed E-state index contributed by atoms with van der Waals surface area (Å²) >= 11 is 2.15. The highest BCUT2D eigenvalue weighted by Gasteiger charge is 2.22. The fourth-order valence-corrected chi connectivity index (χ4v) is 3.28. The van der Waals surface area contributed by atoms with Gasteiger partial charge in [-0.1, -0.05) is 0 Å². The van der Waals surface area contributed by atoms with Gasteiger partial charge in [0.1, 0.15) is 10.0 Å². The third-order valence-electron chi connectivity index (χ3n) is 1.98. The molecule has 0 saturated carbocycles. The van der Waals surface area contributed by atoms with Crippen LogP contribution in [0.25, 0.3) is 0 Å². The molecule has 94 valence electrons. The Hall–Kier alpha value is -1.74. The molecule has 0 spiro atoms. The summed E-state index contributed by atoms with van der Waals surface area (Å²) in [6.45, 7) is 3.11. The molecule has 0 fully saturated rings. The third kappa shape index (κ3) is 2.57. The van der Waals surface area contributed by atoms with Crippen LogP contribution in [0, 0.1) is 17.0 Å². The zero-order valence-corrected chi connectivity index (χ0v) is 11.1. The summed E-state index contributed by atoms with van der Waals surface area (Å²) in [4.78, 5) is 26.0. The number of nitro groups is 1. The Balaban J connectivity index is 2.36. The lowest BCUT2D eigenvalue weighted by Gasteiger charge is -1.91. The van der Waals surface area contributed by atoms with Crippen LogP contribution < -0.4 is 0 Å². The molecule has 0 atom stereocenters. The van der Waals surface area contributed by atoms with Gasteiger partial charge in [-0.3, -0.25) is 20.0 Å². The highest BCUT2D eigenvalue weighted by atomic mass is 32.2. The zero-order chi connectivity index (χ0) is 13.3. The molecule has 2 rings (SSSR count). The number of carbonyl (C=O) groups excluding carboxylic acids is 1. The average Bonchev–Trinajstić information content (AvgIpc) is 2.85. The fourth-order valence-electron chi connectivity index (χ4n) is 1.19. The highest BCUT2D eigenvalue weighted by Crippen LogP contribution is 2.40. The van der Waals surface area contributed by atoms with Crippen LogP contribution in [0.3, 0.4) is 0 Å². The molecule has 2 aromatic heterocycles. The molecule has 0 aliphatic rings. The predicted molar refractivity (Wildman–Crippen MR) is 66.2 cm³/mol. The molecule has 0 saturated heterocycles. The first-order valence-corrected chi connectivity index (χ1v) is 6.46. The molecule has 1 N–H and O–H groups in total. The molecule has 0 amide bonds. The van der Waals surface area contributed by atoms with E-state index in [1.165, 1.54) is 13.0 Å².